The molecule has 2 rings (SSSR count). The molecular formula is C12H14N4O3. The molecule has 2 heterocycles. The number of carboxylic acids is 1. The minimum atomic E-state index is -1.23. The van der Waals surface area contributed by atoms with Gasteiger partial charge in [0.25, 0.3) is 0 Å². The van der Waals surface area contributed by atoms with Crippen LogP contribution in [0.5, 0.6) is 0 Å². The van der Waals surface area contributed by atoms with Gasteiger partial charge < -0.3 is 15.2 Å². The van der Waals surface area contributed by atoms with Gasteiger partial charge in [0, 0.05) is 13.0 Å². The van der Waals surface area contributed by atoms with E-state index < -0.39 is 11.5 Å². The topological polar surface area (TPSA) is 108 Å². The maximum atomic E-state index is 11.4. The number of hydrogen-bond donors (Lipinski definition) is 2. The number of anilines is 1. The first-order valence-electron chi connectivity index (χ1n) is 5.83. The molecule has 1 fully saturated rings. The van der Waals surface area contributed by atoms with Crippen LogP contribution in [-0.2, 0) is 9.53 Å². The standard InChI is InChI=1S/C12H14N4O3/c1-7-8(2)15-16-10(9(7)5-13)14-12(11(17)18)3-4-19-6-12/h3-4,6H2,1-2H3,(H,14,16)(H,17,18). The van der Waals surface area contributed by atoms with Gasteiger partial charge in [0.15, 0.2) is 11.4 Å². The highest BCUT2D eigenvalue weighted by atomic mass is 16.5. The van der Waals surface area contributed by atoms with Crippen molar-refractivity contribution in [3.63, 3.8) is 0 Å². The maximum absolute atomic E-state index is 11.4. The lowest BCUT2D eigenvalue weighted by Gasteiger charge is -2.24. The maximum Gasteiger partial charge on any atom is 0.331 e. The molecule has 0 saturated carbocycles. The summed E-state index contributed by atoms with van der Waals surface area (Å²) in [6.45, 7) is 3.91. The van der Waals surface area contributed by atoms with Crippen LogP contribution in [-0.4, -0.2) is 40.0 Å². The molecule has 19 heavy (non-hydrogen) atoms. The second kappa shape index (κ2) is 4.82. The predicted octanol–water partition coefficient (Wildman–Crippen LogP) is 0.621. The largest absolute Gasteiger partial charge is 0.479 e. The molecule has 1 saturated heterocycles. The first kappa shape index (κ1) is 13.2. The molecule has 1 aromatic rings. The number of rotatable bonds is 3. The van der Waals surface area contributed by atoms with Crippen molar-refractivity contribution in [2.75, 3.05) is 18.5 Å². The van der Waals surface area contributed by atoms with Gasteiger partial charge in [0.05, 0.1) is 12.3 Å². The van der Waals surface area contributed by atoms with Gasteiger partial charge in [-0.25, -0.2) is 4.79 Å². The molecule has 1 aliphatic heterocycles. The quantitative estimate of drug-likeness (QED) is 0.821. The van der Waals surface area contributed by atoms with Gasteiger partial charge in [-0.15, -0.1) is 5.10 Å². The number of ether oxygens (including phenoxy) is 1. The number of aryl methyl sites for hydroxylation is 1. The van der Waals surface area contributed by atoms with Gasteiger partial charge in [-0.1, -0.05) is 0 Å². The Hall–Kier alpha value is -2.20. The van der Waals surface area contributed by atoms with Crippen LogP contribution in [0, 0.1) is 25.2 Å². The molecule has 0 radical (unpaired) electrons. The summed E-state index contributed by atoms with van der Waals surface area (Å²) >= 11 is 0. The number of nitriles is 1. The Morgan fingerprint density at radius 2 is 2.26 bits per heavy atom. The normalized spacial score (nSPS) is 21.9. The third-order valence-corrected chi connectivity index (χ3v) is 3.36. The summed E-state index contributed by atoms with van der Waals surface area (Å²) in [5, 5.41) is 29.2. The fourth-order valence-electron chi connectivity index (χ4n) is 1.95. The Morgan fingerprint density at radius 1 is 1.53 bits per heavy atom. The lowest BCUT2D eigenvalue weighted by atomic mass is 9.98. The van der Waals surface area contributed by atoms with Crippen LogP contribution in [0.25, 0.3) is 0 Å². The van der Waals surface area contributed by atoms with Crippen LogP contribution >= 0.6 is 0 Å². The number of hydrogen-bond acceptors (Lipinski definition) is 6. The van der Waals surface area contributed by atoms with E-state index in [-0.39, 0.29) is 12.4 Å². The summed E-state index contributed by atoms with van der Waals surface area (Å²) in [5.41, 5.74) is 0.427. The van der Waals surface area contributed by atoms with E-state index in [2.05, 4.69) is 15.5 Å². The van der Waals surface area contributed by atoms with Crippen LogP contribution < -0.4 is 5.32 Å². The fraction of sp³-hybridized carbons (Fsp3) is 0.500. The zero-order valence-electron chi connectivity index (χ0n) is 10.7. The summed E-state index contributed by atoms with van der Waals surface area (Å²) < 4.78 is 5.15. The second-order valence-corrected chi connectivity index (χ2v) is 4.56. The Kier molecular flexibility index (Phi) is 3.36. The minimum Gasteiger partial charge on any atom is -0.479 e. The van der Waals surface area contributed by atoms with Crippen molar-refractivity contribution in [1.82, 2.24) is 10.2 Å². The predicted molar refractivity (Wildman–Crippen MR) is 65.6 cm³/mol. The van der Waals surface area contributed by atoms with Crippen LogP contribution in [0.15, 0.2) is 0 Å². The average Bonchev–Trinajstić information content (AvgIpc) is 2.84. The molecule has 0 amide bonds. The number of aromatic nitrogens is 2. The van der Waals surface area contributed by atoms with Gasteiger partial charge in [-0.05, 0) is 19.4 Å². The molecule has 1 atom stereocenters. The summed E-state index contributed by atoms with van der Waals surface area (Å²) in [6.07, 6.45) is 0.321. The third kappa shape index (κ3) is 2.22. The van der Waals surface area contributed by atoms with E-state index in [1.165, 1.54) is 0 Å². The van der Waals surface area contributed by atoms with Crippen LogP contribution in [0.3, 0.4) is 0 Å². The number of aliphatic carboxylic acids is 1. The number of nitrogens with one attached hydrogen (secondary N) is 1. The van der Waals surface area contributed by atoms with Crippen molar-refractivity contribution in [2.24, 2.45) is 0 Å². The summed E-state index contributed by atoms with van der Waals surface area (Å²) in [4.78, 5) is 11.4. The zero-order chi connectivity index (χ0) is 14.0. The van der Waals surface area contributed by atoms with Crippen LogP contribution in [0.1, 0.15) is 23.2 Å². The summed E-state index contributed by atoms with van der Waals surface area (Å²) in [5.74, 6) is -0.826. The molecule has 1 unspecified atom stereocenters. The van der Waals surface area contributed by atoms with Crippen molar-refractivity contribution in [2.45, 2.75) is 25.8 Å². The monoisotopic (exact) mass is 262 g/mol. The first-order chi connectivity index (χ1) is 9.00. The van der Waals surface area contributed by atoms with E-state index in [1.54, 1.807) is 13.8 Å². The smallest absolute Gasteiger partial charge is 0.331 e. The molecule has 1 aliphatic rings. The van der Waals surface area contributed by atoms with Gasteiger partial charge in [-0.3, -0.25) is 0 Å². The van der Waals surface area contributed by atoms with Crippen molar-refractivity contribution in [3.05, 3.63) is 16.8 Å². The van der Waals surface area contributed by atoms with Crippen molar-refractivity contribution in [3.8, 4) is 6.07 Å². The van der Waals surface area contributed by atoms with Crippen LogP contribution in [0.4, 0.5) is 5.82 Å². The van der Waals surface area contributed by atoms with Crippen molar-refractivity contribution in [1.29, 1.82) is 5.26 Å². The molecule has 100 valence electrons. The van der Waals surface area contributed by atoms with E-state index >= 15 is 0 Å². The van der Waals surface area contributed by atoms with Gasteiger partial charge in [-0.2, -0.15) is 10.4 Å². The Morgan fingerprint density at radius 3 is 2.79 bits per heavy atom. The second-order valence-electron chi connectivity index (χ2n) is 4.56. The molecule has 1 aromatic heterocycles. The molecule has 7 nitrogen and oxygen atoms in total. The minimum absolute atomic E-state index is 0.0435. The summed E-state index contributed by atoms with van der Waals surface area (Å²) in [6, 6.07) is 2.04. The number of nitrogens with zero attached hydrogens (tertiary/aromatic N) is 3. The lowest BCUT2D eigenvalue weighted by molar-refractivity contribution is -0.142. The Bertz CT molecular complexity index is 559. The Labute approximate surface area is 110 Å². The highest BCUT2D eigenvalue weighted by molar-refractivity contribution is 5.83. The van der Waals surface area contributed by atoms with Gasteiger partial charge >= 0.3 is 5.97 Å². The highest BCUT2D eigenvalue weighted by Crippen LogP contribution is 2.26. The summed E-state index contributed by atoms with van der Waals surface area (Å²) in [7, 11) is 0. The Balaban J connectivity index is 2.41. The zero-order valence-corrected chi connectivity index (χ0v) is 10.7. The number of carbonyl (C=O) groups is 1. The molecular weight excluding hydrogens is 248 g/mol. The molecule has 0 aromatic carbocycles. The first-order valence-corrected chi connectivity index (χ1v) is 5.83. The lowest BCUT2D eigenvalue weighted by Crippen LogP contribution is -2.47. The number of carboxylic acid groups (broad SMARTS) is 1. The average molecular weight is 262 g/mol. The molecule has 0 spiro atoms. The fourth-order valence-corrected chi connectivity index (χ4v) is 1.95. The molecule has 7 heteroatoms. The van der Waals surface area contributed by atoms with Crippen molar-refractivity contribution < 1.29 is 14.6 Å². The third-order valence-electron chi connectivity index (χ3n) is 3.36. The van der Waals surface area contributed by atoms with E-state index in [9.17, 15) is 15.2 Å². The molecule has 2 N–H and O–H groups in total. The van der Waals surface area contributed by atoms with E-state index in [1.807, 2.05) is 6.07 Å². The molecule has 0 aliphatic carbocycles. The SMILES string of the molecule is Cc1nnc(NC2(C(=O)O)CCOC2)c(C#N)c1C. The van der Waals surface area contributed by atoms with Crippen LogP contribution in [0.2, 0.25) is 0 Å². The van der Waals surface area contributed by atoms with E-state index in [0.717, 1.165) is 0 Å². The van der Waals surface area contributed by atoms with E-state index in [0.29, 0.717) is 29.8 Å². The molecule has 0 bridgehead atoms. The van der Waals surface area contributed by atoms with Crippen molar-refractivity contribution >= 4 is 11.8 Å². The van der Waals surface area contributed by atoms with Gasteiger partial charge in [0.2, 0.25) is 0 Å². The highest BCUT2D eigenvalue weighted by Gasteiger charge is 2.43. The van der Waals surface area contributed by atoms with Gasteiger partial charge in [0.1, 0.15) is 11.6 Å². The van der Waals surface area contributed by atoms with E-state index in [4.69, 9.17) is 4.74 Å².